The van der Waals surface area contributed by atoms with Gasteiger partial charge in [0, 0.05) is 45.3 Å². The Morgan fingerprint density at radius 2 is 1.91 bits per heavy atom. The first-order chi connectivity index (χ1) is 16.3. The smallest absolute Gasteiger partial charge is 0.321 e. The molecule has 3 atom stereocenters. The number of hydrogen-bond donors (Lipinski definition) is 1. The minimum absolute atomic E-state index is 0. The van der Waals surface area contributed by atoms with Crippen molar-refractivity contribution in [1.82, 2.24) is 14.7 Å². The molecule has 1 N–H and O–H groups in total. The molecule has 35 heavy (non-hydrogen) atoms. The van der Waals surface area contributed by atoms with Crippen LogP contribution in [-0.2, 0) is 5.54 Å². The summed E-state index contributed by atoms with van der Waals surface area (Å²) in [6, 6.07) is 11.4. The first kappa shape index (κ1) is 27.1. The van der Waals surface area contributed by atoms with Gasteiger partial charge in [0.15, 0.2) is 0 Å². The molecule has 2 amide bonds. The molecule has 1 saturated heterocycles. The van der Waals surface area contributed by atoms with E-state index in [0.29, 0.717) is 18.5 Å². The van der Waals surface area contributed by atoms with Crippen LogP contribution in [-0.4, -0.2) is 78.4 Å². The highest BCUT2D eigenvalue weighted by atomic mass is 32.1. The van der Waals surface area contributed by atoms with Crippen LogP contribution in [0.15, 0.2) is 54.6 Å². The van der Waals surface area contributed by atoms with E-state index >= 15 is 0 Å². The average Bonchev–Trinajstić information content (AvgIpc) is 3.21. The zero-order chi connectivity index (χ0) is 24.5. The van der Waals surface area contributed by atoms with Gasteiger partial charge in [0.1, 0.15) is 17.8 Å². The highest BCUT2D eigenvalue weighted by Gasteiger charge is 2.47. The summed E-state index contributed by atoms with van der Waals surface area (Å²) in [4.78, 5) is 18.7. The molecule has 1 fully saturated rings. The van der Waals surface area contributed by atoms with Crippen LogP contribution in [0.25, 0.3) is 5.57 Å². The Labute approximate surface area is 211 Å². The number of nitrogens with zero attached hydrogens (tertiary/aromatic N) is 3. The SMILES string of the molecule is CN1CCC(N(C)C(=O)N2CC(c3cc(F)ccc3F)=C[C@@]2(CCO)c2ccccc2)C(F)C1.S. The number of piperidine rings is 1. The average molecular weight is 508 g/mol. The van der Waals surface area contributed by atoms with Crippen molar-refractivity contribution in [2.45, 2.75) is 30.6 Å². The second-order valence-electron chi connectivity index (χ2n) is 9.17. The molecule has 4 rings (SSSR count). The van der Waals surface area contributed by atoms with Gasteiger partial charge in [-0.2, -0.15) is 13.5 Å². The molecule has 0 aliphatic carbocycles. The number of rotatable bonds is 5. The highest BCUT2D eigenvalue weighted by molar-refractivity contribution is 7.59. The van der Waals surface area contributed by atoms with Crippen LogP contribution in [0.4, 0.5) is 18.0 Å². The molecular weight excluding hydrogens is 475 g/mol. The summed E-state index contributed by atoms with van der Waals surface area (Å²) >= 11 is 0. The Morgan fingerprint density at radius 3 is 2.57 bits per heavy atom. The van der Waals surface area contributed by atoms with Gasteiger partial charge in [0.25, 0.3) is 0 Å². The van der Waals surface area contributed by atoms with Gasteiger partial charge in [-0.15, -0.1) is 0 Å². The Balaban J connectivity index is 0.00000342. The number of carbonyl (C=O) groups excluding carboxylic acids is 1. The first-order valence-electron chi connectivity index (χ1n) is 11.5. The number of amides is 2. The molecule has 2 unspecified atom stereocenters. The van der Waals surface area contributed by atoms with E-state index in [4.69, 9.17) is 0 Å². The molecule has 2 aromatic rings. The van der Waals surface area contributed by atoms with Crippen molar-refractivity contribution in [2.75, 3.05) is 40.3 Å². The third kappa shape index (κ3) is 5.22. The van der Waals surface area contributed by atoms with Gasteiger partial charge in [-0.1, -0.05) is 30.3 Å². The van der Waals surface area contributed by atoms with Crippen molar-refractivity contribution >= 4 is 25.1 Å². The van der Waals surface area contributed by atoms with E-state index in [9.17, 15) is 23.1 Å². The second-order valence-corrected chi connectivity index (χ2v) is 9.17. The lowest BCUT2D eigenvalue weighted by Gasteiger charge is -2.44. The van der Waals surface area contributed by atoms with Crippen LogP contribution in [0.1, 0.15) is 24.0 Å². The summed E-state index contributed by atoms with van der Waals surface area (Å²) in [5.74, 6) is -1.18. The largest absolute Gasteiger partial charge is 0.396 e. The van der Waals surface area contributed by atoms with Gasteiger partial charge in [0.05, 0.1) is 11.6 Å². The molecule has 2 aliphatic rings. The quantitative estimate of drug-likeness (QED) is 0.662. The molecule has 0 saturated carbocycles. The fourth-order valence-electron chi connectivity index (χ4n) is 5.17. The maximum absolute atomic E-state index is 14.9. The first-order valence-corrected chi connectivity index (χ1v) is 11.5. The molecule has 0 aromatic heterocycles. The lowest BCUT2D eigenvalue weighted by atomic mass is 9.85. The zero-order valence-electron chi connectivity index (χ0n) is 19.9. The normalized spacial score (nSPS) is 24.6. The lowest BCUT2D eigenvalue weighted by Crippen LogP contribution is -2.57. The van der Waals surface area contributed by atoms with E-state index in [1.807, 2.05) is 42.3 Å². The van der Waals surface area contributed by atoms with Crippen LogP contribution in [0.2, 0.25) is 0 Å². The van der Waals surface area contributed by atoms with Crippen molar-refractivity contribution in [3.05, 3.63) is 77.4 Å². The van der Waals surface area contributed by atoms with Gasteiger partial charge >= 0.3 is 6.03 Å². The summed E-state index contributed by atoms with van der Waals surface area (Å²) < 4.78 is 43.6. The number of carbonyl (C=O) groups is 1. The van der Waals surface area contributed by atoms with Gasteiger partial charge in [-0.25, -0.2) is 18.0 Å². The van der Waals surface area contributed by atoms with Crippen molar-refractivity contribution in [3.8, 4) is 0 Å². The molecule has 190 valence electrons. The molecule has 2 heterocycles. The molecule has 5 nitrogen and oxygen atoms in total. The molecule has 9 heteroatoms. The van der Waals surface area contributed by atoms with E-state index in [2.05, 4.69) is 0 Å². The van der Waals surface area contributed by atoms with E-state index < -0.39 is 35.4 Å². The summed E-state index contributed by atoms with van der Waals surface area (Å²) in [5.41, 5.74) is 0.153. The molecule has 0 radical (unpaired) electrons. The standard InChI is InChI=1S/C26H30F3N3O2.H2S/c1-30-12-10-24(23(29)17-30)31(2)25(34)32-16-18(21-14-20(27)8-9-22(21)28)15-26(32,11-13-33)19-6-4-3-5-7-19;/h3-9,14-15,23-24,33H,10-13,16-17H2,1-2H3;1H2/t23?,24?,26-;/m0./s1. The fraction of sp³-hybridized carbons (Fsp3) is 0.423. The topological polar surface area (TPSA) is 47.0 Å². The molecule has 0 spiro atoms. The van der Waals surface area contributed by atoms with Crippen molar-refractivity contribution in [1.29, 1.82) is 0 Å². The van der Waals surface area contributed by atoms with Crippen LogP contribution >= 0.6 is 13.5 Å². The number of aliphatic hydroxyl groups excluding tert-OH is 1. The van der Waals surface area contributed by atoms with Gasteiger partial charge in [-0.05, 0) is 48.9 Å². The number of urea groups is 1. The number of halogens is 3. The van der Waals surface area contributed by atoms with Crippen LogP contribution in [0.3, 0.4) is 0 Å². The maximum atomic E-state index is 14.9. The van der Waals surface area contributed by atoms with Gasteiger partial charge in [0.2, 0.25) is 0 Å². The third-order valence-electron chi connectivity index (χ3n) is 7.00. The van der Waals surface area contributed by atoms with Crippen LogP contribution < -0.4 is 0 Å². The third-order valence-corrected chi connectivity index (χ3v) is 7.00. The van der Waals surface area contributed by atoms with Crippen molar-refractivity contribution < 1.29 is 23.1 Å². The predicted octanol–water partition coefficient (Wildman–Crippen LogP) is 4.15. The van der Waals surface area contributed by atoms with Crippen LogP contribution in [0, 0.1) is 11.6 Å². The molecule has 2 aromatic carbocycles. The number of alkyl halides is 1. The van der Waals surface area contributed by atoms with E-state index in [-0.39, 0.29) is 45.2 Å². The van der Waals surface area contributed by atoms with E-state index in [1.54, 1.807) is 18.0 Å². The number of likely N-dealkylation sites (tertiary alicyclic amines) is 1. The molecule has 2 aliphatic heterocycles. The van der Waals surface area contributed by atoms with Gasteiger partial charge in [-0.3, -0.25) is 0 Å². The fourth-order valence-corrected chi connectivity index (χ4v) is 5.17. The minimum Gasteiger partial charge on any atom is -0.396 e. The lowest BCUT2D eigenvalue weighted by molar-refractivity contribution is 0.0485. The van der Waals surface area contributed by atoms with E-state index in [0.717, 1.165) is 23.8 Å². The zero-order valence-corrected chi connectivity index (χ0v) is 20.9. The highest BCUT2D eigenvalue weighted by Crippen LogP contribution is 2.44. The molecule has 0 bridgehead atoms. The number of benzene rings is 2. The van der Waals surface area contributed by atoms with Crippen LogP contribution in [0.5, 0.6) is 0 Å². The minimum atomic E-state index is -1.20. The van der Waals surface area contributed by atoms with Crippen molar-refractivity contribution in [3.63, 3.8) is 0 Å². The summed E-state index contributed by atoms with van der Waals surface area (Å²) in [5, 5.41) is 9.99. The monoisotopic (exact) mass is 507 g/mol. The maximum Gasteiger partial charge on any atom is 0.321 e. The Kier molecular flexibility index (Phi) is 8.56. The summed E-state index contributed by atoms with van der Waals surface area (Å²) in [6.45, 7) is 0.668. The summed E-state index contributed by atoms with van der Waals surface area (Å²) in [7, 11) is 3.43. The van der Waals surface area contributed by atoms with Crippen molar-refractivity contribution in [2.24, 2.45) is 0 Å². The molecular formula is C26H32F3N3O2S. The Bertz CT molecular complexity index is 1070. The predicted molar refractivity (Wildman–Crippen MR) is 135 cm³/mol. The van der Waals surface area contributed by atoms with E-state index in [1.165, 1.54) is 4.90 Å². The number of aliphatic hydroxyl groups is 1. The van der Waals surface area contributed by atoms with Gasteiger partial charge < -0.3 is 19.8 Å². The summed E-state index contributed by atoms with van der Waals surface area (Å²) in [6.07, 6.45) is 1.19. The Morgan fingerprint density at radius 1 is 1.20 bits per heavy atom. The second kappa shape index (κ2) is 11.1. The number of hydrogen-bond acceptors (Lipinski definition) is 3. The Hall–Kier alpha value is -2.49.